The molecule has 100 valence electrons. The Labute approximate surface area is 120 Å². The first-order chi connectivity index (χ1) is 9.75. The number of benzene rings is 2. The number of hydrogen-bond acceptors (Lipinski definition) is 3. The van der Waals surface area contributed by atoms with Crippen LogP contribution < -0.4 is 10.9 Å². The minimum atomic E-state index is -0.345. The standard InChI is InChI=1S/C15H12ClN3O/c16-13-14(18-9-19-15(13)20)17-8-11-6-3-5-10-4-1-2-7-12(10)11/h1-7,9H,8H2,(H2,17,18,19,20). The number of halogens is 1. The fourth-order valence-electron chi connectivity index (χ4n) is 2.13. The van der Waals surface area contributed by atoms with Gasteiger partial charge >= 0.3 is 0 Å². The van der Waals surface area contributed by atoms with Gasteiger partial charge in [-0.3, -0.25) is 4.79 Å². The maximum Gasteiger partial charge on any atom is 0.271 e. The van der Waals surface area contributed by atoms with Gasteiger partial charge < -0.3 is 10.3 Å². The summed E-state index contributed by atoms with van der Waals surface area (Å²) in [5.74, 6) is 0.392. The zero-order chi connectivity index (χ0) is 13.9. The van der Waals surface area contributed by atoms with Crippen molar-refractivity contribution < 1.29 is 0 Å². The van der Waals surface area contributed by atoms with Crippen LogP contribution in [0.25, 0.3) is 10.8 Å². The van der Waals surface area contributed by atoms with Crippen molar-refractivity contribution in [1.29, 1.82) is 0 Å². The topological polar surface area (TPSA) is 57.8 Å². The van der Waals surface area contributed by atoms with E-state index in [9.17, 15) is 4.79 Å². The molecule has 0 bridgehead atoms. The highest BCUT2D eigenvalue weighted by atomic mass is 35.5. The number of rotatable bonds is 3. The van der Waals surface area contributed by atoms with Crippen LogP contribution in [0.15, 0.2) is 53.6 Å². The molecule has 1 heterocycles. The van der Waals surface area contributed by atoms with Crippen molar-refractivity contribution in [3.05, 3.63) is 69.7 Å². The molecule has 1 aromatic heterocycles. The summed E-state index contributed by atoms with van der Waals surface area (Å²) in [5.41, 5.74) is 0.781. The van der Waals surface area contributed by atoms with E-state index >= 15 is 0 Å². The van der Waals surface area contributed by atoms with Crippen molar-refractivity contribution in [3.8, 4) is 0 Å². The molecule has 0 amide bonds. The lowest BCUT2D eigenvalue weighted by atomic mass is 10.0. The fourth-order valence-corrected chi connectivity index (χ4v) is 2.30. The lowest BCUT2D eigenvalue weighted by molar-refractivity contribution is 1.07. The second kappa shape index (κ2) is 5.35. The normalized spacial score (nSPS) is 10.7. The van der Waals surface area contributed by atoms with Gasteiger partial charge in [-0.2, -0.15) is 0 Å². The highest BCUT2D eigenvalue weighted by Gasteiger charge is 2.06. The van der Waals surface area contributed by atoms with Gasteiger partial charge in [-0.15, -0.1) is 0 Å². The Hall–Kier alpha value is -2.33. The van der Waals surface area contributed by atoms with Crippen LogP contribution in [0, 0.1) is 0 Å². The highest BCUT2D eigenvalue weighted by Crippen LogP contribution is 2.20. The Morgan fingerprint density at radius 1 is 1.15 bits per heavy atom. The minimum Gasteiger partial charge on any atom is -0.365 e. The smallest absolute Gasteiger partial charge is 0.271 e. The zero-order valence-corrected chi connectivity index (χ0v) is 11.3. The molecule has 3 aromatic rings. The molecule has 0 saturated heterocycles. The Kier molecular flexibility index (Phi) is 3.39. The largest absolute Gasteiger partial charge is 0.365 e. The summed E-state index contributed by atoms with van der Waals surface area (Å²) in [4.78, 5) is 17.9. The third-order valence-electron chi connectivity index (χ3n) is 3.12. The van der Waals surface area contributed by atoms with Gasteiger partial charge in [0.15, 0.2) is 5.82 Å². The molecule has 2 aromatic carbocycles. The molecule has 2 N–H and O–H groups in total. The summed E-state index contributed by atoms with van der Waals surface area (Å²) in [6.45, 7) is 0.553. The first-order valence-corrected chi connectivity index (χ1v) is 6.57. The Morgan fingerprint density at radius 3 is 2.85 bits per heavy atom. The van der Waals surface area contributed by atoms with Crippen molar-refractivity contribution in [2.45, 2.75) is 6.54 Å². The van der Waals surface area contributed by atoms with E-state index < -0.39 is 0 Å². The molecule has 0 aliphatic heterocycles. The van der Waals surface area contributed by atoms with Gasteiger partial charge in [0.1, 0.15) is 5.02 Å². The Balaban J connectivity index is 1.91. The van der Waals surface area contributed by atoms with Crippen LogP contribution in [0.2, 0.25) is 5.02 Å². The number of nitrogens with one attached hydrogen (secondary N) is 2. The summed E-state index contributed by atoms with van der Waals surface area (Å²) < 4.78 is 0. The minimum absolute atomic E-state index is 0.0766. The van der Waals surface area contributed by atoms with E-state index in [-0.39, 0.29) is 10.6 Å². The second-order valence-electron chi connectivity index (χ2n) is 4.39. The van der Waals surface area contributed by atoms with Gasteiger partial charge in [0.05, 0.1) is 6.33 Å². The summed E-state index contributed by atoms with van der Waals surface area (Å²) in [6, 6.07) is 14.3. The van der Waals surface area contributed by atoms with E-state index in [1.165, 1.54) is 17.1 Å². The Bertz CT molecular complexity index is 808. The first-order valence-electron chi connectivity index (χ1n) is 6.19. The van der Waals surface area contributed by atoms with Gasteiger partial charge in [0, 0.05) is 6.54 Å². The average Bonchev–Trinajstić information content (AvgIpc) is 2.49. The van der Waals surface area contributed by atoms with Crippen molar-refractivity contribution in [2.24, 2.45) is 0 Å². The van der Waals surface area contributed by atoms with Crippen LogP contribution in [0.5, 0.6) is 0 Å². The van der Waals surface area contributed by atoms with Crippen LogP contribution in [0.3, 0.4) is 0 Å². The highest BCUT2D eigenvalue weighted by molar-refractivity contribution is 6.32. The van der Waals surface area contributed by atoms with Crippen molar-refractivity contribution in [2.75, 3.05) is 5.32 Å². The lowest BCUT2D eigenvalue weighted by Crippen LogP contribution is -2.11. The number of aromatic amines is 1. The molecule has 0 unspecified atom stereocenters. The third-order valence-corrected chi connectivity index (χ3v) is 3.47. The van der Waals surface area contributed by atoms with Crippen LogP contribution in [0.4, 0.5) is 5.82 Å². The van der Waals surface area contributed by atoms with Crippen LogP contribution in [-0.2, 0) is 6.54 Å². The van der Waals surface area contributed by atoms with Crippen LogP contribution in [-0.4, -0.2) is 9.97 Å². The van der Waals surface area contributed by atoms with Gasteiger partial charge in [-0.05, 0) is 16.3 Å². The van der Waals surface area contributed by atoms with Crippen molar-refractivity contribution in [3.63, 3.8) is 0 Å². The number of anilines is 1. The molecule has 4 nitrogen and oxygen atoms in total. The number of fused-ring (bicyclic) bond motifs is 1. The van der Waals surface area contributed by atoms with Gasteiger partial charge in [-0.1, -0.05) is 54.1 Å². The molecule has 20 heavy (non-hydrogen) atoms. The number of H-pyrrole nitrogens is 1. The lowest BCUT2D eigenvalue weighted by Gasteiger charge is -2.09. The van der Waals surface area contributed by atoms with E-state index in [4.69, 9.17) is 11.6 Å². The number of hydrogen-bond donors (Lipinski definition) is 2. The monoisotopic (exact) mass is 285 g/mol. The third kappa shape index (κ3) is 2.38. The quantitative estimate of drug-likeness (QED) is 0.777. The molecule has 5 heteroatoms. The first kappa shape index (κ1) is 12.7. The molecule has 0 radical (unpaired) electrons. The van der Waals surface area contributed by atoms with E-state index in [1.807, 2.05) is 24.3 Å². The molecule has 0 spiro atoms. The molecule has 0 saturated carbocycles. The molecule has 0 atom stereocenters. The maximum absolute atomic E-state index is 11.4. The predicted molar refractivity (Wildman–Crippen MR) is 81.1 cm³/mol. The second-order valence-corrected chi connectivity index (χ2v) is 4.76. The molecule has 0 fully saturated rings. The Morgan fingerprint density at radius 2 is 1.95 bits per heavy atom. The van der Waals surface area contributed by atoms with Gasteiger partial charge in [0.25, 0.3) is 5.56 Å². The SMILES string of the molecule is O=c1[nH]cnc(NCc2cccc3ccccc23)c1Cl. The zero-order valence-electron chi connectivity index (χ0n) is 10.6. The summed E-state index contributed by atoms with van der Waals surface area (Å²) in [7, 11) is 0. The average molecular weight is 286 g/mol. The van der Waals surface area contributed by atoms with Crippen LogP contribution >= 0.6 is 11.6 Å². The molecule has 0 aliphatic rings. The van der Waals surface area contributed by atoms with E-state index in [0.29, 0.717) is 12.4 Å². The fraction of sp³-hybridized carbons (Fsp3) is 0.0667. The number of aromatic nitrogens is 2. The van der Waals surface area contributed by atoms with E-state index in [1.54, 1.807) is 0 Å². The maximum atomic E-state index is 11.4. The summed E-state index contributed by atoms with van der Waals surface area (Å²) in [5, 5.41) is 5.52. The molecular weight excluding hydrogens is 274 g/mol. The van der Waals surface area contributed by atoms with Crippen LogP contribution in [0.1, 0.15) is 5.56 Å². The van der Waals surface area contributed by atoms with E-state index in [0.717, 1.165) is 5.56 Å². The summed E-state index contributed by atoms with van der Waals surface area (Å²) >= 11 is 5.91. The predicted octanol–water partition coefficient (Wildman–Crippen LogP) is 3.19. The van der Waals surface area contributed by atoms with Gasteiger partial charge in [-0.25, -0.2) is 4.98 Å². The summed E-state index contributed by atoms with van der Waals surface area (Å²) in [6.07, 6.45) is 1.33. The van der Waals surface area contributed by atoms with Crippen molar-refractivity contribution in [1.82, 2.24) is 9.97 Å². The molecule has 0 aliphatic carbocycles. The van der Waals surface area contributed by atoms with Crippen molar-refractivity contribution >= 4 is 28.2 Å². The van der Waals surface area contributed by atoms with E-state index in [2.05, 4.69) is 33.5 Å². The molecular formula is C15H12ClN3O. The number of nitrogens with zero attached hydrogens (tertiary/aromatic N) is 1. The molecule has 3 rings (SSSR count). The van der Waals surface area contributed by atoms with Gasteiger partial charge in [0.2, 0.25) is 0 Å².